The maximum Gasteiger partial charge on any atom is 0.271 e. The third-order valence-electron chi connectivity index (χ3n) is 3.84. The molecule has 0 bridgehead atoms. The highest BCUT2D eigenvalue weighted by Gasteiger charge is 2.12. The van der Waals surface area contributed by atoms with Gasteiger partial charge in [0.25, 0.3) is 5.91 Å². The summed E-state index contributed by atoms with van der Waals surface area (Å²) in [5, 5.41) is 4.03. The van der Waals surface area contributed by atoms with Crippen LogP contribution < -0.4 is 24.4 Å². The van der Waals surface area contributed by atoms with Crippen LogP contribution in [0, 0.1) is 0 Å². The summed E-state index contributed by atoms with van der Waals surface area (Å²) < 4.78 is 22.8. The zero-order valence-corrected chi connectivity index (χ0v) is 19.1. The summed E-state index contributed by atoms with van der Waals surface area (Å²) in [6.07, 6.45) is 4.79. The molecule has 0 aliphatic rings. The van der Waals surface area contributed by atoms with Crippen LogP contribution in [0.5, 0.6) is 23.0 Å². The zero-order valence-electron chi connectivity index (χ0n) is 17.5. The first-order valence-corrected chi connectivity index (χ1v) is 10.3. The van der Waals surface area contributed by atoms with Crippen LogP contribution in [0.15, 0.2) is 65.2 Å². The maximum atomic E-state index is 12.5. The quantitative estimate of drug-likeness (QED) is 0.265. The number of hydrazone groups is 1. The molecule has 0 saturated carbocycles. The van der Waals surface area contributed by atoms with Gasteiger partial charge in [0, 0.05) is 5.56 Å². The average Bonchev–Trinajstić information content (AvgIpc) is 2.77. The van der Waals surface area contributed by atoms with E-state index in [1.54, 1.807) is 49.6 Å². The standard InChI is InChI=1S/C23H25BrN2O5/c1-5-10-30-19-9-8-17(14-20(19)29-7-3)23(27)26-25-15-16-12-18(24)22(31-11-6-2)21(13-16)28-4/h5-6,8-9,12-15H,1-2,7,10-11H2,3-4H3,(H,26,27)/b25-15+. The van der Waals surface area contributed by atoms with Gasteiger partial charge in [0.2, 0.25) is 0 Å². The van der Waals surface area contributed by atoms with Crippen molar-refractivity contribution in [1.29, 1.82) is 0 Å². The van der Waals surface area contributed by atoms with Crippen molar-refractivity contribution in [2.45, 2.75) is 6.92 Å². The van der Waals surface area contributed by atoms with Gasteiger partial charge in [-0.05, 0) is 58.7 Å². The molecule has 1 amide bonds. The van der Waals surface area contributed by atoms with Crippen LogP contribution in [0.25, 0.3) is 0 Å². The van der Waals surface area contributed by atoms with Crippen molar-refractivity contribution in [3.8, 4) is 23.0 Å². The molecule has 2 rings (SSSR count). The number of nitrogens with one attached hydrogen (secondary N) is 1. The second-order valence-electron chi connectivity index (χ2n) is 6.03. The van der Waals surface area contributed by atoms with Crippen molar-refractivity contribution in [3.63, 3.8) is 0 Å². The Morgan fingerprint density at radius 1 is 1.06 bits per heavy atom. The van der Waals surface area contributed by atoms with Crippen LogP contribution in [0.4, 0.5) is 0 Å². The highest BCUT2D eigenvalue weighted by atomic mass is 79.9. The highest BCUT2D eigenvalue weighted by Crippen LogP contribution is 2.36. The van der Waals surface area contributed by atoms with Gasteiger partial charge in [-0.1, -0.05) is 25.3 Å². The van der Waals surface area contributed by atoms with Crippen LogP contribution in [0.1, 0.15) is 22.8 Å². The number of carbonyl (C=O) groups excluding carboxylic acids is 1. The molecule has 164 valence electrons. The van der Waals surface area contributed by atoms with E-state index in [-0.39, 0.29) is 5.91 Å². The molecule has 0 saturated heterocycles. The first-order chi connectivity index (χ1) is 15.0. The molecule has 2 aromatic carbocycles. The van der Waals surface area contributed by atoms with Crippen molar-refractivity contribution in [3.05, 3.63) is 71.2 Å². The highest BCUT2D eigenvalue weighted by molar-refractivity contribution is 9.10. The Bertz CT molecular complexity index is 959. The van der Waals surface area contributed by atoms with E-state index in [1.165, 1.54) is 6.21 Å². The predicted molar refractivity (Wildman–Crippen MR) is 125 cm³/mol. The molecule has 31 heavy (non-hydrogen) atoms. The van der Waals surface area contributed by atoms with E-state index in [1.807, 2.05) is 6.92 Å². The minimum Gasteiger partial charge on any atom is -0.493 e. The Hall–Kier alpha value is -3.26. The van der Waals surface area contributed by atoms with Crippen LogP contribution in [0.2, 0.25) is 0 Å². The monoisotopic (exact) mass is 488 g/mol. The molecule has 0 aliphatic carbocycles. The van der Waals surface area contributed by atoms with E-state index in [2.05, 4.69) is 39.6 Å². The fourth-order valence-electron chi connectivity index (χ4n) is 2.51. The number of carbonyl (C=O) groups is 1. The lowest BCUT2D eigenvalue weighted by Gasteiger charge is -2.12. The number of halogens is 1. The number of amides is 1. The van der Waals surface area contributed by atoms with E-state index in [0.717, 1.165) is 0 Å². The number of benzene rings is 2. The number of hydrogen-bond donors (Lipinski definition) is 1. The molecule has 2 aromatic rings. The normalized spacial score (nSPS) is 10.4. The fraction of sp³-hybridized carbons (Fsp3) is 0.217. The van der Waals surface area contributed by atoms with Crippen molar-refractivity contribution >= 4 is 28.1 Å². The van der Waals surface area contributed by atoms with Gasteiger partial charge in [-0.3, -0.25) is 4.79 Å². The molecule has 0 spiro atoms. The van der Waals surface area contributed by atoms with Gasteiger partial charge in [-0.25, -0.2) is 5.43 Å². The van der Waals surface area contributed by atoms with Gasteiger partial charge in [-0.2, -0.15) is 5.10 Å². The lowest BCUT2D eigenvalue weighted by molar-refractivity contribution is 0.0954. The molecule has 0 fully saturated rings. The third kappa shape index (κ3) is 6.89. The van der Waals surface area contributed by atoms with E-state index >= 15 is 0 Å². The van der Waals surface area contributed by atoms with Gasteiger partial charge in [0.15, 0.2) is 23.0 Å². The lowest BCUT2D eigenvalue weighted by atomic mass is 10.2. The van der Waals surface area contributed by atoms with Gasteiger partial charge in [0.1, 0.15) is 13.2 Å². The molecular weight excluding hydrogens is 464 g/mol. The Morgan fingerprint density at radius 2 is 1.81 bits per heavy atom. The fourth-order valence-corrected chi connectivity index (χ4v) is 3.09. The molecule has 0 radical (unpaired) electrons. The lowest BCUT2D eigenvalue weighted by Crippen LogP contribution is -2.17. The largest absolute Gasteiger partial charge is 0.493 e. The third-order valence-corrected chi connectivity index (χ3v) is 4.43. The number of rotatable bonds is 12. The van der Waals surface area contributed by atoms with Gasteiger partial charge in [0.05, 0.1) is 24.4 Å². The molecule has 0 atom stereocenters. The summed E-state index contributed by atoms with van der Waals surface area (Å²) >= 11 is 3.45. The molecule has 0 heterocycles. The summed E-state index contributed by atoms with van der Waals surface area (Å²) in [6, 6.07) is 8.47. The first kappa shape index (κ1) is 24.0. The van der Waals surface area contributed by atoms with Crippen LogP contribution in [-0.4, -0.2) is 39.1 Å². The van der Waals surface area contributed by atoms with E-state index in [0.29, 0.717) is 58.4 Å². The second kappa shape index (κ2) is 12.4. The van der Waals surface area contributed by atoms with Crippen LogP contribution >= 0.6 is 15.9 Å². The minimum absolute atomic E-state index is 0.340. The first-order valence-electron chi connectivity index (χ1n) is 9.49. The topological polar surface area (TPSA) is 78.4 Å². The van der Waals surface area contributed by atoms with Gasteiger partial charge < -0.3 is 18.9 Å². The minimum atomic E-state index is -0.385. The Labute approximate surface area is 190 Å². The van der Waals surface area contributed by atoms with Crippen molar-refractivity contribution in [2.75, 3.05) is 26.9 Å². The average molecular weight is 489 g/mol. The van der Waals surface area contributed by atoms with Crippen molar-refractivity contribution < 1.29 is 23.7 Å². The van der Waals surface area contributed by atoms with Gasteiger partial charge >= 0.3 is 0 Å². The molecule has 0 aliphatic heterocycles. The molecule has 1 N–H and O–H groups in total. The predicted octanol–water partition coefficient (Wildman–Crippen LogP) is 4.75. The maximum absolute atomic E-state index is 12.5. The summed E-state index contributed by atoms with van der Waals surface area (Å²) in [7, 11) is 1.55. The molecule has 8 heteroatoms. The number of nitrogens with zero attached hydrogens (tertiary/aromatic N) is 1. The van der Waals surface area contributed by atoms with E-state index in [9.17, 15) is 4.79 Å². The van der Waals surface area contributed by atoms with Crippen LogP contribution in [-0.2, 0) is 0 Å². The van der Waals surface area contributed by atoms with Crippen molar-refractivity contribution in [1.82, 2.24) is 5.43 Å². The molecule has 7 nitrogen and oxygen atoms in total. The summed E-state index contributed by atoms with van der Waals surface area (Å²) in [4.78, 5) is 12.5. The SMILES string of the molecule is C=CCOc1ccc(C(=O)N/N=C/c2cc(Br)c(OCC=C)c(OC)c2)cc1OCC. The molecule has 0 aromatic heterocycles. The number of hydrogen-bond acceptors (Lipinski definition) is 6. The summed E-state index contributed by atoms with van der Waals surface area (Å²) in [5.74, 6) is 1.72. The van der Waals surface area contributed by atoms with Crippen molar-refractivity contribution in [2.24, 2.45) is 5.10 Å². The Kier molecular flexibility index (Phi) is 9.64. The zero-order chi connectivity index (χ0) is 22.6. The molecular formula is C23H25BrN2O5. The van der Waals surface area contributed by atoms with Gasteiger partial charge in [-0.15, -0.1) is 0 Å². The Balaban J connectivity index is 2.12. The molecule has 0 unspecified atom stereocenters. The Morgan fingerprint density at radius 3 is 2.48 bits per heavy atom. The van der Waals surface area contributed by atoms with Crippen LogP contribution in [0.3, 0.4) is 0 Å². The summed E-state index contributed by atoms with van der Waals surface area (Å²) in [5.41, 5.74) is 3.60. The number of ether oxygens (including phenoxy) is 4. The van der Waals surface area contributed by atoms with E-state index in [4.69, 9.17) is 18.9 Å². The van der Waals surface area contributed by atoms with E-state index < -0.39 is 0 Å². The number of methoxy groups -OCH3 is 1. The summed E-state index contributed by atoms with van der Waals surface area (Å²) in [6.45, 7) is 10.2. The second-order valence-corrected chi connectivity index (χ2v) is 6.88. The smallest absolute Gasteiger partial charge is 0.271 e.